The van der Waals surface area contributed by atoms with Gasteiger partial charge in [0.15, 0.2) is 0 Å². The molecule has 1 atom stereocenters. The minimum atomic E-state index is -0.261. The van der Waals surface area contributed by atoms with Crippen LogP contribution in [0.25, 0.3) is 0 Å². The Morgan fingerprint density at radius 3 is 2.59 bits per heavy atom. The standard InChI is InChI=1S/C13H16FN5OS.CH4/c1-4-10(11-9(14)5-6-21-11)18-13-16-7(2)15-12(19-13)17-8(3)20;/h5-6,10H,4H2,1-3H3,(H2,15,16,17,18,19,20);1H4. The molecule has 0 saturated carbocycles. The van der Waals surface area contributed by atoms with Gasteiger partial charge in [0.25, 0.3) is 0 Å². The van der Waals surface area contributed by atoms with Crippen LogP contribution in [-0.4, -0.2) is 20.9 Å². The number of nitrogens with one attached hydrogen (secondary N) is 2. The van der Waals surface area contributed by atoms with E-state index in [1.165, 1.54) is 24.3 Å². The minimum absolute atomic E-state index is 0. The van der Waals surface area contributed by atoms with Crippen LogP contribution in [0.15, 0.2) is 11.4 Å². The van der Waals surface area contributed by atoms with Gasteiger partial charge in [0.2, 0.25) is 17.8 Å². The normalized spacial score (nSPS) is 11.5. The molecule has 8 heteroatoms. The van der Waals surface area contributed by atoms with Gasteiger partial charge >= 0.3 is 0 Å². The Balaban J connectivity index is 0.00000242. The fourth-order valence-electron chi connectivity index (χ4n) is 1.82. The lowest BCUT2D eigenvalue weighted by atomic mass is 10.2. The maximum atomic E-state index is 13.7. The maximum Gasteiger partial charge on any atom is 0.234 e. The molecule has 0 saturated heterocycles. The molecule has 1 unspecified atom stereocenters. The van der Waals surface area contributed by atoms with Crippen molar-refractivity contribution in [2.45, 2.75) is 40.7 Å². The van der Waals surface area contributed by atoms with E-state index in [-0.39, 0.29) is 31.1 Å². The molecule has 0 aliphatic heterocycles. The summed E-state index contributed by atoms with van der Waals surface area (Å²) in [6.45, 7) is 5.02. The van der Waals surface area contributed by atoms with Gasteiger partial charge in [-0.1, -0.05) is 14.4 Å². The molecule has 2 aromatic heterocycles. The third kappa shape index (κ3) is 4.45. The third-order valence-electron chi connectivity index (χ3n) is 2.71. The topological polar surface area (TPSA) is 79.8 Å². The van der Waals surface area contributed by atoms with Crippen LogP contribution in [0.4, 0.5) is 16.3 Å². The Bertz CT molecular complexity index is 646. The summed E-state index contributed by atoms with van der Waals surface area (Å²) in [5.41, 5.74) is 0. The number of nitrogens with zero attached hydrogens (tertiary/aromatic N) is 3. The second-order valence-corrected chi connectivity index (χ2v) is 5.40. The number of aryl methyl sites for hydroxylation is 1. The first-order valence-corrected chi connectivity index (χ1v) is 7.37. The van der Waals surface area contributed by atoms with E-state index in [1.807, 2.05) is 6.92 Å². The van der Waals surface area contributed by atoms with Crippen LogP contribution in [0, 0.1) is 12.7 Å². The molecule has 0 fully saturated rings. The van der Waals surface area contributed by atoms with Crippen molar-refractivity contribution in [1.82, 2.24) is 15.0 Å². The van der Waals surface area contributed by atoms with E-state index in [0.29, 0.717) is 23.1 Å². The Labute approximate surface area is 133 Å². The molecule has 0 aliphatic rings. The molecular weight excluding hydrogens is 305 g/mol. The lowest BCUT2D eigenvalue weighted by molar-refractivity contribution is -0.114. The van der Waals surface area contributed by atoms with E-state index in [2.05, 4.69) is 25.6 Å². The molecule has 6 nitrogen and oxygen atoms in total. The number of hydrogen-bond acceptors (Lipinski definition) is 6. The molecule has 120 valence electrons. The monoisotopic (exact) mass is 325 g/mol. The van der Waals surface area contributed by atoms with Gasteiger partial charge in [0, 0.05) is 6.92 Å². The molecule has 22 heavy (non-hydrogen) atoms. The smallest absolute Gasteiger partial charge is 0.234 e. The molecule has 2 N–H and O–H groups in total. The minimum Gasteiger partial charge on any atom is -0.346 e. The zero-order chi connectivity index (χ0) is 15.4. The first-order chi connectivity index (χ1) is 9.99. The van der Waals surface area contributed by atoms with E-state index in [0.717, 1.165) is 0 Å². The number of carbonyl (C=O) groups is 1. The summed E-state index contributed by atoms with van der Waals surface area (Å²) in [5.74, 6) is 0.456. The highest BCUT2D eigenvalue weighted by atomic mass is 32.1. The third-order valence-corrected chi connectivity index (χ3v) is 3.71. The Kier molecular flexibility index (Phi) is 6.36. The maximum absolute atomic E-state index is 13.7. The van der Waals surface area contributed by atoms with Crippen molar-refractivity contribution < 1.29 is 9.18 Å². The van der Waals surface area contributed by atoms with Gasteiger partial charge in [-0.05, 0) is 24.8 Å². The number of aromatic nitrogens is 3. The molecule has 2 heterocycles. The fraction of sp³-hybridized carbons (Fsp3) is 0.429. The van der Waals surface area contributed by atoms with Crippen molar-refractivity contribution in [3.63, 3.8) is 0 Å². The highest BCUT2D eigenvalue weighted by Crippen LogP contribution is 2.28. The second kappa shape index (κ2) is 7.79. The number of hydrogen-bond donors (Lipinski definition) is 2. The fourth-order valence-corrected chi connectivity index (χ4v) is 2.73. The highest BCUT2D eigenvalue weighted by Gasteiger charge is 2.17. The average Bonchev–Trinajstić information content (AvgIpc) is 2.80. The zero-order valence-corrected chi connectivity index (χ0v) is 12.8. The number of thiophene rings is 1. The molecule has 2 aromatic rings. The molecule has 0 aliphatic carbocycles. The molecule has 2 rings (SSSR count). The summed E-state index contributed by atoms with van der Waals surface area (Å²) >= 11 is 1.34. The first kappa shape index (κ1) is 18.0. The second-order valence-electron chi connectivity index (χ2n) is 4.45. The Morgan fingerprint density at radius 2 is 2.05 bits per heavy atom. The van der Waals surface area contributed by atoms with E-state index in [9.17, 15) is 9.18 Å². The van der Waals surface area contributed by atoms with Gasteiger partial charge < -0.3 is 5.32 Å². The highest BCUT2D eigenvalue weighted by molar-refractivity contribution is 7.10. The van der Waals surface area contributed by atoms with Crippen LogP contribution >= 0.6 is 11.3 Å². The summed E-state index contributed by atoms with van der Waals surface area (Å²) in [6.07, 6.45) is 0.678. The van der Waals surface area contributed by atoms with Gasteiger partial charge in [-0.25, -0.2) is 4.39 Å². The van der Waals surface area contributed by atoms with E-state index in [1.54, 1.807) is 12.3 Å². The van der Waals surface area contributed by atoms with Gasteiger partial charge in [-0.3, -0.25) is 10.1 Å². The summed E-state index contributed by atoms with van der Waals surface area (Å²) in [7, 11) is 0. The molecular formula is C14H20FN5OS. The molecule has 0 radical (unpaired) electrons. The Morgan fingerprint density at radius 1 is 1.36 bits per heavy atom. The predicted octanol–water partition coefficient (Wildman–Crippen LogP) is 3.54. The van der Waals surface area contributed by atoms with Crippen molar-refractivity contribution in [2.75, 3.05) is 10.6 Å². The van der Waals surface area contributed by atoms with Crippen molar-refractivity contribution >= 4 is 29.1 Å². The first-order valence-electron chi connectivity index (χ1n) is 6.49. The van der Waals surface area contributed by atoms with Crippen LogP contribution in [0.5, 0.6) is 0 Å². The lowest BCUT2D eigenvalue weighted by Crippen LogP contribution is -2.16. The van der Waals surface area contributed by atoms with Crippen molar-refractivity contribution in [3.8, 4) is 0 Å². The number of amides is 1. The van der Waals surface area contributed by atoms with E-state index in [4.69, 9.17) is 0 Å². The lowest BCUT2D eigenvalue weighted by Gasteiger charge is -2.16. The van der Waals surface area contributed by atoms with Crippen LogP contribution in [-0.2, 0) is 4.79 Å². The number of carbonyl (C=O) groups excluding carboxylic acids is 1. The SMILES string of the molecule is C.CCC(Nc1nc(C)nc(NC(C)=O)n1)c1sccc1F. The summed E-state index contributed by atoms with van der Waals surface area (Å²) in [4.78, 5) is 24.0. The molecule has 0 bridgehead atoms. The number of rotatable bonds is 5. The Hall–Kier alpha value is -2.09. The quantitative estimate of drug-likeness (QED) is 0.879. The van der Waals surface area contributed by atoms with Gasteiger partial charge in [0.1, 0.15) is 11.6 Å². The number of anilines is 2. The average molecular weight is 325 g/mol. The van der Waals surface area contributed by atoms with Gasteiger partial charge in [0.05, 0.1) is 10.9 Å². The van der Waals surface area contributed by atoms with E-state index >= 15 is 0 Å². The van der Waals surface area contributed by atoms with Gasteiger partial charge in [-0.2, -0.15) is 15.0 Å². The zero-order valence-electron chi connectivity index (χ0n) is 12.0. The van der Waals surface area contributed by atoms with Crippen LogP contribution in [0.2, 0.25) is 0 Å². The molecule has 1 amide bonds. The summed E-state index contributed by atoms with van der Waals surface area (Å²) in [5, 5.41) is 7.30. The van der Waals surface area contributed by atoms with Crippen LogP contribution in [0.3, 0.4) is 0 Å². The largest absolute Gasteiger partial charge is 0.346 e. The summed E-state index contributed by atoms with van der Waals surface area (Å²) < 4.78 is 13.7. The van der Waals surface area contributed by atoms with Crippen molar-refractivity contribution in [1.29, 1.82) is 0 Å². The van der Waals surface area contributed by atoms with E-state index < -0.39 is 0 Å². The number of halogens is 1. The van der Waals surface area contributed by atoms with Gasteiger partial charge in [-0.15, -0.1) is 11.3 Å². The van der Waals surface area contributed by atoms with Crippen molar-refractivity contribution in [3.05, 3.63) is 28.0 Å². The van der Waals surface area contributed by atoms with Crippen LogP contribution < -0.4 is 10.6 Å². The summed E-state index contributed by atoms with van der Waals surface area (Å²) in [6, 6.07) is 1.21. The van der Waals surface area contributed by atoms with Crippen LogP contribution in [0.1, 0.15) is 44.4 Å². The predicted molar refractivity (Wildman–Crippen MR) is 86.5 cm³/mol. The molecule has 0 spiro atoms. The van der Waals surface area contributed by atoms with Crippen molar-refractivity contribution in [2.24, 2.45) is 0 Å². The molecule has 0 aromatic carbocycles.